The fourth-order valence-corrected chi connectivity index (χ4v) is 4.44. The van der Waals surface area contributed by atoms with E-state index < -0.39 is 0 Å². The second kappa shape index (κ2) is 6.78. The Morgan fingerprint density at radius 2 is 1.88 bits per heavy atom. The zero-order chi connectivity index (χ0) is 18.3. The van der Waals surface area contributed by atoms with Crippen molar-refractivity contribution in [2.75, 3.05) is 21.2 Å². The van der Waals surface area contributed by atoms with E-state index in [0.29, 0.717) is 23.8 Å². The highest BCUT2D eigenvalue weighted by Gasteiger charge is 2.40. The molecule has 0 fully saturated rings. The lowest BCUT2D eigenvalue weighted by Crippen LogP contribution is -2.54. The van der Waals surface area contributed by atoms with E-state index in [1.807, 2.05) is 18.2 Å². The molecule has 1 aliphatic carbocycles. The molecule has 0 bridgehead atoms. The number of hydrogen-bond acceptors (Lipinski definition) is 4. The minimum Gasteiger partial charge on any atom is -0.504 e. The quantitative estimate of drug-likeness (QED) is 0.833. The number of likely N-dealkylation sites (N-methyl/N-ethyl adjacent to an activating group) is 1. The van der Waals surface area contributed by atoms with Gasteiger partial charge in [-0.1, -0.05) is 42.5 Å². The van der Waals surface area contributed by atoms with Crippen LogP contribution < -0.4 is 10.1 Å². The maximum Gasteiger partial charge on any atom is 0.160 e. The first-order chi connectivity index (χ1) is 12.6. The zero-order valence-corrected chi connectivity index (χ0v) is 15.5. The van der Waals surface area contributed by atoms with Gasteiger partial charge in [0.2, 0.25) is 0 Å². The second-order valence-corrected chi connectivity index (χ2v) is 7.41. The van der Waals surface area contributed by atoms with E-state index in [2.05, 4.69) is 60.7 Å². The summed E-state index contributed by atoms with van der Waals surface area (Å²) in [7, 11) is 5.87. The van der Waals surface area contributed by atoms with Crippen LogP contribution in [0.3, 0.4) is 0 Å². The molecule has 4 nitrogen and oxygen atoms in total. The third kappa shape index (κ3) is 2.79. The third-order valence-electron chi connectivity index (χ3n) is 5.71. The Morgan fingerprint density at radius 3 is 2.58 bits per heavy atom. The molecule has 26 heavy (non-hydrogen) atoms. The third-order valence-corrected chi connectivity index (χ3v) is 5.71. The smallest absolute Gasteiger partial charge is 0.160 e. The fourth-order valence-electron chi connectivity index (χ4n) is 4.44. The number of nitrogens with one attached hydrogen (secondary N) is 1. The molecule has 0 radical (unpaired) electrons. The summed E-state index contributed by atoms with van der Waals surface area (Å²) in [4.78, 5) is 2.27. The molecule has 4 atom stereocenters. The Balaban J connectivity index is 1.87. The van der Waals surface area contributed by atoms with Crippen LogP contribution in [0.5, 0.6) is 11.5 Å². The minimum absolute atomic E-state index is 0.0539. The maximum atomic E-state index is 10.4. The van der Waals surface area contributed by atoms with Crippen molar-refractivity contribution in [3.8, 4) is 11.5 Å². The van der Waals surface area contributed by atoms with E-state index in [1.165, 1.54) is 11.1 Å². The van der Waals surface area contributed by atoms with Gasteiger partial charge in [-0.05, 0) is 49.3 Å². The van der Waals surface area contributed by atoms with Crippen LogP contribution >= 0.6 is 0 Å². The number of hydrogen-bond donors (Lipinski definition) is 2. The first kappa shape index (κ1) is 17.1. The number of ether oxygens (including phenoxy) is 1. The number of rotatable bonds is 3. The van der Waals surface area contributed by atoms with Gasteiger partial charge < -0.3 is 20.1 Å². The fraction of sp³-hybridized carbons (Fsp3) is 0.364. The Morgan fingerprint density at radius 1 is 1.12 bits per heavy atom. The van der Waals surface area contributed by atoms with Crippen LogP contribution in [0.25, 0.3) is 0 Å². The molecule has 1 heterocycles. The number of allylic oxidation sites excluding steroid dienone is 1. The Labute approximate surface area is 155 Å². The van der Waals surface area contributed by atoms with E-state index in [1.54, 1.807) is 7.11 Å². The number of methoxy groups -OCH3 is 1. The molecule has 0 aromatic heterocycles. The molecular weight excluding hydrogens is 324 g/mol. The second-order valence-electron chi connectivity index (χ2n) is 7.41. The van der Waals surface area contributed by atoms with E-state index in [4.69, 9.17) is 4.74 Å². The average molecular weight is 350 g/mol. The predicted octanol–water partition coefficient (Wildman–Crippen LogP) is 3.44. The Bertz CT molecular complexity index is 816. The molecule has 0 spiro atoms. The summed E-state index contributed by atoms with van der Waals surface area (Å²) in [6.07, 6.45) is 5.57. The standard InChI is InChI=1S/C22H26N2O2/c1-24(2)18-11-7-10-15-16-13-20(26-3)19(25)12-17(16)21(23-22(15)18)14-8-5-4-6-9-14/h4-9,11-13,15,18,21-23,25H,10H2,1-3H3/t15-,18-,21?,22?/m0/s1. The summed E-state index contributed by atoms with van der Waals surface area (Å²) < 4.78 is 5.41. The van der Waals surface area contributed by atoms with Gasteiger partial charge in [0.1, 0.15) is 0 Å². The number of aromatic hydroxyl groups is 1. The average Bonchev–Trinajstić information content (AvgIpc) is 2.66. The van der Waals surface area contributed by atoms with Crippen LogP contribution in [0.4, 0.5) is 0 Å². The number of nitrogens with zero attached hydrogens (tertiary/aromatic N) is 1. The molecule has 136 valence electrons. The maximum absolute atomic E-state index is 10.4. The predicted molar refractivity (Wildman–Crippen MR) is 104 cm³/mol. The topological polar surface area (TPSA) is 44.7 Å². The van der Waals surface area contributed by atoms with Gasteiger partial charge in [0, 0.05) is 18.0 Å². The molecular formula is C22H26N2O2. The molecule has 2 N–H and O–H groups in total. The molecule has 2 aliphatic rings. The van der Waals surface area contributed by atoms with Crippen molar-refractivity contribution in [2.24, 2.45) is 0 Å². The number of benzene rings is 2. The first-order valence-electron chi connectivity index (χ1n) is 9.15. The summed E-state index contributed by atoms with van der Waals surface area (Å²) in [6, 6.07) is 15.1. The van der Waals surface area contributed by atoms with Gasteiger partial charge in [0.05, 0.1) is 13.2 Å². The highest BCUT2D eigenvalue weighted by atomic mass is 16.5. The molecule has 0 saturated heterocycles. The van der Waals surface area contributed by atoms with Gasteiger partial charge in [-0.15, -0.1) is 0 Å². The van der Waals surface area contributed by atoms with Crippen molar-refractivity contribution in [1.82, 2.24) is 10.2 Å². The number of phenolic OH excluding ortho intramolecular Hbond substituents is 1. The van der Waals surface area contributed by atoms with Gasteiger partial charge in [-0.25, -0.2) is 0 Å². The summed E-state index contributed by atoms with van der Waals surface area (Å²) in [5, 5.41) is 14.3. The van der Waals surface area contributed by atoms with Crippen molar-refractivity contribution in [1.29, 1.82) is 0 Å². The van der Waals surface area contributed by atoms with Gasteiger partial charge >= 0.3 is 0 Å². The van der Waals surface area contributed by atoms with Crippen LogP contribution in [-0.4, -0.2) is 43.3 Å². The lowest BCUT2D eigenvalue weighted by molar-refractivity contribution is 0.216. The largest absolute Gasteiger partial charge is 0.504 e. The van der Waals surface area contributed by atoms with Crippen LogP contribution in [0, 0.1) is 0 Å². The van der Waals surface area contributed by atoms with Crippen molar-refractivity contribution < 1.29 is 9.84 Å². The minimum atomic E-state index is 0.0539. The van der Waals surface area contributed by atoms with E-state index in [0.717, 1.165) is 12.0 Å². The highest BCUT2D eigenvalue weighted by Crippen LogP contribution is 2.45. The van der Waals surface area contributed by atoms with Gasteiger partial charge in [0.25, 0.3) is 0 Å². The van der Waals surface area contributed by atoms with Gasteiger partial charge in [-0.3, -0.25) is 0 Å². The lowest BCUT2D eigenvalue weighted by atomic mass is 9.73. The summed E-state index contributed by atoms with van der Waals surface area (Å²) in [6.45, 7) is 0. The van der Waals surface area contributed by atoms with Crippen molar-refractivity contribution >= 4 is 0 Å². The van der Waals surface area contributed by atoms with Crippen molar-refractivity contribution in [2.45, 2.75) is 30.5 Å². The molecule has 2 aromatic rings. The van der Waals surface area contributed by atoms with Crippen molar-refractivity contribution in [3.05, 3.63) is 71.3 Å². The van der Waals surface area contributed by atoms with Crippen LogP contribution in [0.1, 0.15) is 35.1 Å². The number of fused-ring (bicyclic) bond motifs is 3. The molecule has 1 aliphatic heterocycles. The van der Waals surface area contributed by atoms with Crippen LogP contribution in [0.15, 0.2) is 54.6 Å². The molecule has 2 aromatic carbocycles. The first-order valence-corrected chi connectivity index (χ1v) is 9.15. The Kier molecular flexibility index (Phi) is 4.47. The molecule has 4 rings (SSSR count). The molecule has 2 unspecified atom stereocenters. The van der Waals surface area contributed by atoms with E-state index >= 15 is 0 Å². The van der Waals surface area contributed by atoms with Gasteiger partial charge in [0.15, 0.2) is 11.5 Å². The van der Waals surface area contributed by atoms with E-state index in [9.17, 15) is 5.11 Å². The lowest BCUT2D eigenvalue weighted by Gasteiger charge is -2.46. The normalized spacial score (nSPS) is 27.1. The SMILES string of the molecule is COc1cc2c(cc1O)C(c1ccccc1)NC1[C@H]2CC=C[C@@H]1N(C)C. The summed E-state index contributed by atoms with van der Waals surface area (Å²) >= 11 is 0. The molecule has 4 heteroatoms. The van der Waals surface area contributed by atoms with Gasteiger partial charge in [-0.2, -0.15) is 0 Å². The summed E-state index contributed by atoms with van der Waals surface area (Å²) in [5.41, 5.74) is 3.63. The monoisotopic (exact) mass is 350 g/mol. The Hall–Kier alpha value is -2.30. The van der Waals surface area contributed by atoms with E-state index in [-0.39, 0.29) is 11.8 Å². The van der Waals surface area contributed by atoms with Crippen LogP contribution in [-0.2, 0) is 0 Å². The number of phenols is 1. The molecule has 0 amide bonds. The highest BCUT2D eigenvalue weighted by molar-refractivity contribution is 5.53. The van der Waals surface area contributed by atoms with Crippen molar-refractivity contribution in [3.63, 3.8) is 0 Å². The summed E-state index contributed by atoms with van der Waals surface area (Å²) in [5.74, 6) is 1.10. The molecule has 0 saturated carbocycles. The van der Waals surface area contributed by atoms with Crippen LogP contribution in [0.2, 0.25) is 0 Å². The zero-order valence-electron chi connectivity index (χ0n) is 15.5.